The Bertz CT molecular complexity index is 441. The molecule has 1 saturated carbocycles. The molecule has 1 aromatic rings. The molecule has 0 bridgehead atoms. The summed E-state index contributed by atoms with van der Waals surface area (Å²) in [5.41, 5.74) is -1.38. The Morgan fingerprint density at radius 3 is 2.74 bits per heavy atom. The van der Waals surface area contributed by atoms with Crippen molar-refractivity contribution in [3.8, 4) is 0 Å². The SMILES string of the molecule is CCC1CCCC(O)(c2cccc(C(F)(F)F)c2)C1. The molecule has 2 unspecified atom stereocenters. The summed E-state index contributed by atoms with van der Waals surface area (Å²) in [6.45, 7) is 2.06. The molecule has 106 valence electrons. The molecule has 1 aliphatic rings. The number of rotatable bonds is 2. The summed E-state index contributed by atoms with van der Waals surface area (Å²) in [5.74, 6) is 0.397. The average Bonchev–Trinajstić information content (AvgIpc) is 2.38. The molecule has 1 aromatic carbocycles. The normalized spacial score (nSPS) is 28.4. The topological polar surface area (TPSA) is 20.2 Å². The van der Waals surface area contributed by atoms with Crippen LogP contribution in [-0.4, -0.2) is 5.11 Å². The van der Waals surface area contributed by atoms with Gasteiger partial charge in [0, 0.05) is 0 Å². The Balaban J connectivity index is 2.30. The first-order valence-electron chi connectivity index (χ1n) is 6.75. The maximum Gasteiger partial charge on any atom is 0.416 e. The average molecular weight is 272 g/mol. The van der Waals surface area contributed by atoms with Gasteiger partial charge in [0.2, 0.25) is 0 Å². The third-order valence-corrected chi connectivity index (χ3v) is 4.13. The first kappa shape index (κ1) is 14.4. The van der Waals surface area contributed by atoms with Crippen molar-refractivity contribution < 1.29 is 18.3 Å². The molecule has 1 N–H and O–H groups in total. The fourth-order valence-electron chi connectivity index (χ4n) is 2.96. The monoisotopic (exact) mass is 272 g/mol. The maximum atomic E-state index is 12.7. The van der Waals surface area contributed by atoms with Gasteiger partial charge in [-0.1, -0.05) is 31.9 Å². The van der Waals surface area contributed by atoms with Gasteiger partial charge in [0.15, 0.2) is 0 Å². The molecular formula is C15H19F3O. The first-order chi connectivity index (χ1) is 8.85. The predicted octanol–water partition coefficient (Wildman–Crippen LogP) is 4.49. The zero-order chi connectivity index (χ0) is 14.1. The van der Waals surface area contributed by atoms with Gasteiger partial charge in [-0.3, -0.25) is 0 Å². The predicted molar refractivity (Wildman–Crippen MR) is 67.6 cm³/mol. The van der Waals surface area contributed by atoms with Crippen molar-refractivity contribution in [2.45, 2.75) is 50.8 Å². The Kier molecular flexibility index (Phi) is 3.90. The van der Waals surface area contributed by atoms with Crippen molar-refractivity contribution in [3.05, 3.63) is 35.4 Å². The molecule has 1 aliphatic carbocycles. The largest absolute Gasteiger partial charge is 0.416 e. The van der Waals surface area contributed by atoms with E-state index >= 15 is 0 Å². The van der Waals surface area contributed by atoms with Gasteiger partial charge in [-0.2, -0.15) is 13.2 Å². The zero-order valence-corrected chi connectivity index (χ0v) is 11.0. The summed E-state index contributed by atoms with van der Waals surface area (Å²) in [6, 6.07) is 5.13. The van der Waals surface area contributed by atoms with E-state index in [0.717, 1.165) is 31.4 Å². The van der Waals surface area contributed by atoms with Gasteiger partial charge in [-0.05, 0) is 42.9 Å². The fourth-order valence-corrected chi connectivity index (χ4v) is 2.96. The molecule has 19 heavy (non-hydrogen) atoms. The second kappa shape index (κ2) is 5.16. The lowest BCUT2D eigenvalue weighted by molar-refractivity contribution is -0.137. The summed E-state index contributed by atoms with van der Waals surface area (Å²) < 4.78 is 38.2. The van der Waals surface area contributed by atoms with Crippen LogP contribution >= 0.6 is 0 Å². The molecule has 0 spiro atoms. The Labute approximate surface area is 111 Å². The van der Waals surface area contributed by atoms with Gasteiger partial charge >= 0.3 is 6.18 Å². The molecule has 0 saturated heterocycles. The van der Waals surface area contributed by atoms with Crippen LogP contribution in [-0.2, 0) is 11.8 Å². The Morgan fingerprint density at radius 2 is 2.11 bits per heavy atom. The van der Waals surface area contributed by atoms with Crippen LogP contribution in [0.5, 0.6) is 0 Å². The van der Waals surface area contributed by atoms with Gasteiger partial charge in [0.1, 0.15) is 0 Å². The number of alkyl halides is 3. The second-order valence-corrected chi connectivity index (χ2v) is 5.48. The maximum absolute atomic E-state index is 12.7. The van der Waals surface area contributed by atoms with Crippen LogP contribution in [0.1, 0.15) is 50.2 Å². The van der Waals surface area contributed by atoms with E-state index in [1.807, 2.05) is 0 Å². The molecular weight excluding hydrogens is 253 g/mol. The standard InChI is InChI=1S/C15H19F3O/c1-2-11-5-4-8-14(19,10-11)12-6-3-7-13(9-12)15(16,17)18/h3,6-7,9,11,19H,2,4-5,8,10H2,1H3. The van der Waals surface area contributed by atoms with E-state index in [0.29, 0.717) is 24.3 Å². The molecule has 0 aromatic heterocycles. The van der Waals surface area contributed by atoms with Crippen LogP contribution in [0.15, 0.2) is 24.3 Å². The Morgan fingerprint density at radius 1 is 1.37 bits per heavy atom. The molecule has 0 aliphatic heterocycles. The van der Waals surface area contributed by atoms with Crippen LogP contribution in [0.2, 0.25) is 0 Å². The van der Waals surface area contributed by atoms with Crippen molar-refractivity contribution in [2.24, 2.45) is 5.92 Å². The minimum atomic E-state index is -4.36. The fraction of sp³-hybridized carbons (Fsp3) is 0.600. The molecule has 1 nitrogen and oxygen atoms in total. The number of benzene rings is 1. The first-order valence-corrected chi connectivity index (χ1v) is 6.75. The lowest BCUT2D eigenvalue weighted by Gasteiger charge is -2.37. The lowest BCUT2D eigenvalue weighted by atomic mass is 9.73. The highest BCUT2D eigenvalue weighted by molar-refractivity contribution is 5.30. The van der Waals surface area contributed by atoms with Gasteiger partial charge in [-0.15, -0.1) is 0 Å². The van der Waals surface area contributed by atoms with E-state index in [4.69, 9.17) is 0 Å². The van der Waals surface area contributed by atoms with Crippen LogP contribution in [0.25, 0.3) is 0 Å². The van der Waals surface area contributed by atoms with Gasteiger partial charge in [0.25, 0.3) is 0 Å². The number of halogens is 3. The quantitative estimate of drug-likeness (QED) is 0.840. The summed E-state index contributed by atoms with van der Waals surface area (Å²) in [4.78, 5) is 0. The van der Waals surface area contributed by atoms with Crippen molar-refractivity contribution >= 4 is 0 Å². The third-order valence-electron chi connectivity index (χ3n) is 4.13. The van der Waals surface area contributed by atoms with E-state index in [1.165, 1.54) is 6.07 Å². The summed E-state index contributed by atoms with van der Waals surface area (Å²) in [6.07, 6.45) is -0.370. The number of hydrogen-bond donors (Lipinski definition) is 1. The van der Waals surface area contributed by atoms with Gasteiger partial charge in [-0.25, -0.2) is 0 Å². The smallest absolute Gasteiger partial charge is 0.385 e. The van der Waals surface area contributed by atoms with E-state index in [-0.39, 0.29) is 0 Å². The van der Waals surface area contributed by atoms with E-state index in [2.05, 4.69) is 6.92 Å². The number of hydrogen-bond acceptors (Lipinski definition) is 1. The van der Waals surface area contributed by atoms with Crippen LogP contribution in [0.4, 0.5) is 13.2 Å². The molecule has 4 heteroatoms. The molecule has 2 rings (SSSR count). The van der Waals surface area contributed by atoms with E-state index in [9.17, 15) is 18.3 Å². The highest BCUT2D eigenvalue weighted by Crippen LogP contribution is 2.42. The van der Waals surface area contributed by atoms with Crippen LogP contribution in [0.3, 0.4) is 0 Å². The zero-order valence-electron chi connectivity index (χ0n) is 11.0. The van der Waals surface area contributed by atoms with Crippen molar-refractivity contribution in [1.29, 1.82) is 0 Å². The van der Waals surface area contributed by atoms with Crippen LogP contribution < -0.4 is 0 Å². The van der Waals surface area contributed by atoms with E-state index < -0.39 is 17.3 Å². The summed E-state index contributed by atoms with van der Waals surface area (Å²) in [7, 11) is 0. The van der Waals surface area contributed by atoms with E-state index in [1.54, 1.807) is 6.07 Å². The van der Waals surface area contributed by atoms with Gasteiger partial charge in [0.05, 0.1) is 11.2 Å². The molecule has 1 fully saturated rings. The summed E-state index contributed by atoms with van der Waals surface area (Å²) >= 11 is 0. The van der Waals surface area contributed by atoms with Crippen molar-refractivity contribution in [3.63, 3.8) is 0 Å². The van der Waals surface area contributed by atoms with Crippen molar-refractivity contribution in [2.75, 3.05) is 0 Å². The Hall–Kier alpha value is -1.03. The minimum absolute atomic E-state index is 0.397. The van der Waals surface area contributed by atoms with Crippen LogP contribution in [0, 0.1) is 5.92 Å². The highest BCUT2D eigenvalue weighted by Gasteiger charge is 2.37. The third kappa shape index (κ3) is 3.11. The van der Waals surface area contributed by atoms with Gasteiger partial charge < -0.3 is 5.11 Å². The molecule has 2 atom stereocenters. The molecule has 0 amide bonds. The van der Waals surface area contributed by atoms with Crippen molar-refractivity contribution in [1.82, 2.24) is 0 Å². The minimum Gasteiger partial charge on any atom is -0.385 e. The second-order valence-electron chi connectivity index (χ2n) is 5.48. The number of aliphatic hydroxyl groups is 1. The summed E-state index contributed by atoms with van der Waals surface area (Å²) in [5, 5.41) is 10.7. The molecule has 0 radical (unpaired) electrons. The lowest BCUT2D eigenvalue weighted by Crippen LogP contribution is -2.32. The molecule has 0 heterocycles. The highest BCUT2D eigenvalue weighted by atomic mass is 19.4.